The molecule has 19 N–H and O–H groups in total. The zero-order chi connectivity index (χ0) is 107. The first kappa shape index (κ1) is 111. The number of nitrogens with zero attached hydrogens (tertiary/aromatic N) is 4. The van der Waals surface area contributed by atoms with Gasteiger partial charge in [0.2, 0.25) is 71.3 Å². The van der Waals surface area contributed by atoms with Crippen molar-refractivity contribution in [2.45, 2.75) is 239 Å². The van der Waals surface area contributed by atoms with E-state index in [1.54, 1.807) is 14.1 Å². The number of likely N-dealkylation sites (N-methyl/N-ethyl adjacent to an activating group) is 1. The van der Waals surface area contributed by atoms with Crippen LogP contribution in [0.2, 0.25) is 10.0 Å². The maximum absolute atomic E-state index is 17.4. The molecule has 0 aromatic heterocycles. The summed E-state index contributed by atoms with van der Waals surface area (Å²) >= 11 is 15.5. The summed E-state index contributed by atoms with van der Waals surface area (Å²) in [6.45, 7) is 6.18. The number of aliphatic carboxylic acids is 1. The number of phenols is 3. The topological polar surface area (TPSA) is 600 Å². The number of esters is 1. The monoisotopic (exact) mass is 2130 g/mol. The van der Waals surface area contributed by atoms with Crippen molar-refractivity contribution in [3.63, 3.8) is 0 Å². The third kappa shape index (κ3) is 25.5. The van der Waals surface area contributed by atoms with E-state index in [1.165, 1.54) is 73.8 Å². The van der Waals surface area contributed by atoms with E-state index in [0.717, 1.165) is 146 Å². The predicted octanol–water partition coefficient (Wildman–Crippen LogP) is 5.79. The van der Waals surface area contributed by atoms with Gasteiger partial charge in [-0.15, -0.1) is 14.0 Å². The summed E-state index contributed by atoms with van der Waals surface area (Å²) < 4.78 is 66.2. The second kappa shape index (κ2) is 49.8. The normalized spacial score (nSPS) is 25.8. The molecule has 7 aromatic rings. The lowest BCUT2D eigenvalue weighted by Crippen LogP contribution is -2.66. The van der Waals surface area contributed by atoms with Gasteiger partial charge in [0.05, 0.1) is 23.8 Å². The van der Waals surface area contributed by atoms with E-state index < -0.39 is 251 Å². The first-order valence-electron chi connectivity index (χ1n) is 50.1. The number of carbonyl (C=O) groups is 10. The molecular weight excluding hydrogens is 2000 g/mol. The minimum Gasteiger partial charge on any atom is -0.550 e. The molecule has 11 aliphatic rings. The Morgan fingerprint density at radius 3 is 1.77 bits per heavy atom. The van der Waals surface area contributed by atoms with Crippen LogP contribution < -0.4 is 81.2 Å². The Kier molecular flexibility index (Phi) is 37.1. The number of ether oxygens (including phenoxy) is 8. The lowest BCUT2D eigenvalue weighted by Gasteiger charge is -2.41. The van der Waals surface area contributed by atoms with Crippen LogP contribution in [-0.2, 0) is 68.6 Å². The van der Waals surface area contributed by atoms with Crippen molar-refractivity contribution < 1.29 is 147 Å². The number of benzene rings is 7. The standard InChI is InChI=1S/C101H124Cl2N13O28P.C2H4O2/c1-6-7-8-9-10-11-12-13-14-22-74(121)107-83-86(124)88(126)91(99(135)136-5)143-100(83)142-90-71-45-56-46-72(90)139-67-32-27-55(43-63(67)102)84(122)82-98(134)111-80(93(129)105-33-21-34-113(3)4)61-47-57(118)48-69(140-101-89(127)87(125)85(123)73(51-117)141-101)75(61)60-42-53(25-30-65(60)119)78(95(131)112-82)108-96(132)79(56)109-97(133)81-62-49-59(50-70(76(62)103)144-145(114-35-15-16-36-114,115-37-17-18-38-115)116-39-19-20-40-116)138-68-44-54(26-31-66(68)120)77(104-2)94(130)106-64(92(128)110-81)41-52-23-28-58(137-71)29-24-52;1-2(3)4/h23-32,42-50,64,73,77-89,91,100-101,104,117,122-127H,6-22,33-41,51H2,1-5H3,(H10-,105,106,107,108,109,110,111,112,118,119,120,121,128,129,130,131,132,133,134);1H3,(H,3,4)/t64-,73-,77+,78-,79-,80-,81+,82+,83-,84-,85-,86-,87+,88+,89+,91+,100-,101+;/m1./s1. The number of phenolic OH excluding ortho intramolecular Hbond substituents is 3. The van der Waals surface area contributed by atoms with Gasteiger partial charge in [-0.2, -0.15) is 0 Å². The highest BCUT2D eigenvalue weighted by Crippen LogP contribution is 2.71. The highest BCUT2D eigenvalue weighted by atomic mass is 35.5. The molecule has 7 aromatic carbocycles. The highest BCUT2D eigenvalue weighted by molar-refractivity contribution is 7.64. The van der Waals surface area contributed by atoms with Gasteiger partial charge >= 0.3 is 13.9 Å². The van der Waals surface area contributed by atoms with Crippen molar-refractivity contribution in [3.8, 4) is 80.1 Å². The molecule has 0 unspecified atom stereocenters. The van der Waals surface area contributed by atoms with Crippen molar-refractivity contribution in [1.82, 2.24) is 66.8 Å². The lowest BCUT2D eigenvalue weighted by molar-refractivity contribution is -0.302. The van der Waals surface area contributed by atoms with Crippen LogP contribution in [0.3, 0.4) is 0 Å². The minimum atomic E-state index is -3.21. The maximum Gasteiger partial charge on any atom is 0.417 e. The van der Waals surface area contributed by atoms with Crippen LogP contribution in [0.5, 0.6) is 69.0 Å². The molecule has 5 fully saturated rings. The van der Waals surface area contributed by atoms with Gasteiger partial charge in [-0.3, -0.25) is 42.9 Å². The van der Waals surface area contributed by atoms with Gasteiger partial charge in [-0.1, -0.05) is 112 Å². The number of unbranched alkanes of at least 4 members (excludes halogenated alkanes) is 8. The molecule has 0 spiro atoms. The fraction of sp³-hybridized carbons (Fsp3) is 0.495. The van der Waals surface area contributed by atoms with Crippen molar-refractivity contribution in [2.75, 3.05) is 87.2 Å². The first-order valence-corrected chi connectivity index (χ1v) is 52.4. The Hall–Kier alpha value is -12.1. The van der Waals surface area contributed by atoms with E-state index >= 15 is 33.6 Å². The summed E-state index contributed by atoms with van der Waals surface area (Å²) in [6.07, 6.45) is -7.84. The average molecular weight is 2130 g/mol. The molecule has 11 aliphatic heterocycles. The number of amides is 8. The Morgan fingerprint density at radius 1 is 0.550 bits per heavy atom. The lowest BCUT2D eigenvalue weighted by atomic mass is 9.89. The third-order valence-corrected chi connectivity index (χ3v) is 32.1. The molecule has 0 saturated carbocycles. The van der Waals surface area contributed by atoms with Gasteiger partial charge in [-0.25, -0.2) is 4.79 Å². The molecule has 43 nitrogen and oxygen atoms in total. The fourth-order valence-corrected chi connectivity index (χ4v) is 24.6. The van der Waals surface area contributed by atoms with E-state index in [0.29, 0.717) is 70.6 Å². The summed E-state index contributed by atoms with van der Waals surface area (Å²) in [6, 6.07) is 7.82. The number of carboxylic acid groups (broad SMARTS) is 1. The molecule has 17 bridgehead atoms. The Morgan fingerprint density at radius 2 is 1.14 bits per heavy atom. The molecule has 5 saturated heterocycles. The Balaban J connectivity index is 0.00000408. The molecule has 0 aliphatic carbocycles. The van der Waals surface area contributed by atoms with Crippen LogP contribution in [0.4, 0.5) is 0 Å². The molecule has 149 heavy (non-hydrogen) atoms. The second-order valence-electron chi connectivity index (χ2n) is 38.5. The second-order valence-corrected chi connectivity index (χ2v) is 42.2. The van der Waals surface area contributed by atoms with E-state index in [-0.39, 0.29) is 75.4 Å². The van der Waals surface area contributed by atoms with Gasteiger partial charge in [0.1, 0.15) is 126 Å². The fourth-order valence-electron chi connectivity index (χ4n) is 19.8. The summed E-state index contributed by atoms with van der Waals surface area (Å²) in [5.41, 5.74) is -2.15. The molecule has 8 amide bonds. The van der Waals surface area contributed by atoms with Crippen LogP contribution in [0.15, 0.2) is 115 Å². The summed E-state index contributed by atoms with van der Waals surface area (Å²) in [7, 11) is 2.83. The van der Waals surface area contributed by atoms with Crippen molar-refractivity contribution in [1.29, 1.82) is 0 Å². The average Bonchev–Trinajstić information content (AvgIpc) is 1.67. The third-order valence-electron chi connectivity index (χ3n) is 27.6. The van der Waals surface area contributed by atoms with Gasteiger partial charge in [0.25, 0.3) is 0 Å². The number of carboxylic acids is 1. The minimum absolute atomic E-state index is 0.0701. The number of carbonyl (C=O) groups excluding carboxylic acids is 10. The van der Waals surface area contributed by atoms with Crippen molar-refractivity contribution in [2.24, 2.45) is 0 Å². The number of fused-ring (bicyclic) bond motifs is 14. The van der Waals surface area contributed by atoms with Crippen LogP contribution in [0, 0.1) is 0 Å². The van der Waals surface area contributed by atoms with E-state index in [1.807, 2.05) is 4.90 Å². The number of nitrogens with one attached hydrogen (secondary N) is 9. The van der Waals surface area contributed by atoms with Crippen LogP contribution >= 0.6 is 31.1 Å². The Labute approximate surface area is 869 Å². The predicted molar refractivity (Wildman–Crippen MR) is 536 cm³/mol. The molecule has 18 atom stereocenters. The molecule has 18 rings (SSSR count). The summed E-state index contributed by atoms with van der Waals surface area (Å²) in [4.78, 5) is 154. The molecule has 804 valence electrons. The van der Waals surface area contributed by atoms with E-state index in [4.69, 9.17) is 75.5 Å². The molecular formula is C103H128Cl2N13O30P. The van der Waals surface area contributed by atoms with Crippen molar-refractivity contribution >= 4 is 90.3 Å². The van der Waals surface area contributed by atoms with Crippen molar-refractivity contribution in [3.05, 3.63) is 164 Å². The van der Waals surface area contributed by atoms with E-state index in [9.17, 15) is 60.7 Å². The smallest absolute Gasteiger partial charge is 0.417 e. The zero-order valence-corrected chi connectivity index (χ0v) is 85.5. The maximum atomic E-state index is 17.4. The van der Waals surface area contributed by atoms with Crippen LogP contribution in [0.1, 0.15) is 198 Å². The zero-order valence-electron chi connectivity index (χ0n) is 83.1. The number of halogens is 2. The number of methoxy groups -OCH3 is 1. The largest absolute Gasteiger partial charge is 0.550 e. The van der Waals surface area contributed by atoms with Crippen LogP contribution in [-0.4, -0.2) is 290 Å². The number of aliphatic hydroxyl groups is 7. The number of hydrogen-bond acceptors (Lipinski definition) is 35. The molecule has 46 heteroatoms. The summed E-state index contributed by atoms with van der Waals surface area (Å²) in [5, 5.41) is 152. The molecule has 11 heterocycles. The highest BCUT2D eigenvalue weighted by Gasteiger charge is 2.63. The SMILES string of the molecule is CC(=O)[O-].CCCCCCCCCCCC(=O)N[C@H]1[C@H](Oc2c3cc4cc2Oc2ccc(cc2Cl)[C@@H](O)[C@@H]2NC(=O)[C@H](NC(=O)[C@@H]4NC(=O)[C@H]4NC(=O)[C@@H](Cc5ccc(cc5)O3)NC(=O)[C@@H](NC)c3ccc(O)c(c3)Oc3cc(O[P+](N5CCCC5)(N5CCCC5)N5CCCC5)c(Cl)c4c3)c3ccc(O)c(c3)-c3c(O[C@H]4O[C@H](CO)[C@@H](O)[C@H](O)[C@@H]4O)cc(O)cc3[C@H](C(=O)NCCCN(C)C)NC2=O)O[C@H](C(=O)OC)[C@@H](O)[C@@H]1O. The van der Waals surface area contributed by atoms with Crippen LogP contribution in [0.25, 0.3) is 11.1 Å². The Bertz CT molecular complexity index is 5970. The quantitative estimate of drug-likeness (QED) is 0.0157. The number of hydrogen-bond donors (Lipinski definition) is 19. The number of rotatable bonds is 28. The van der Waals surface area contributed by atoms with Gasteiger partial charge in [0.15, 0.2) is 29.1 Å². The van der Waals surface area contributed by atoms with Gasteiger partial charge in [-0.05, 0) is 192 Å². The van der Waals surface area contributed by atoms with E-state index in [2.05, 4.69) is 68.8 Å². The molecule has 0 radical (unpaired) electrons. The van der Waals surface area contributed by atoms with Gasteiger partial charge in [0, 0.05) is 93.4 Å². The first-order chi connectivity index (χ1) is 71.5. The summed E-state index contributed by atoms with van der Waals surface area (Å²) in [5.74, 6) is -16.6. The van der Waals surface area contributed by atoms with Gasteiger partial charge < -0.3 is 152 Å². The number of aliphatic hydroxyl groups excluding tert-OH is 7. The number of aromatic hydroxyl groups is 3.